The van der Waals surface area contributed by atoms with Crippen molar-refractivity contribution in [2.75, 3.05) is 52.5 Å². The first-order valence-electron chi connectivity index (χ1n) is 6.09. The van der Waals surface area contributed by atoms with Gasteiger partial charge >= 0.3 is 0 Å². The Labute approximate surface area is 110 Å². The van der Waals surface area contributed by atoms with Gasteiger partial charge in [-0.15, -0.1) is 0 Å². The van der Waals surface area contributed by atoms with Crippen LogP contribution in [0.3, 0.4) is 0 Å². The molecule has 0 aliphatic carbocycles. The molecule has 0 saturated heterocycles. The Morgan fingerprint density at radius 1 is 1.35 bits per heavy atom. The molecule has 0 bridgehead atoms. The van der Waals surface area contributed by atoms with E-state index in [1.54, 1.807) is 7.11 Å². The van der Waals surface area contributed by atoms with Crippen LogP contribution in [-0.4, -0.2) is 74.7 Å². The molecule has 0 amide bonds. The summed E-state index contributed by atoms with van der Waals surface area (Å²) < 4.78 is 10.2. The Morgan fingerprint density at radius 3 is 2.59 bits per heavy atom. The summed E-state index contributed by atoms with van der Waals surface area (Å²) in [5, 5.41) is 9.82. The molecule has 0 saturated carbocycles. The van der Waals surface area contributed by atoms with Crippen molar-refractivity contribution in [2.24, 2.45) is 0 Å². The predicted octanol–water partition coefficient (Wildman–Crippen LogP) is 1.08. The summed E-state index contributed by atoms with van der Waals surface area (Å²) in [6, 6.07) is 0.527. The minimum Gasteiger partial charge on any atom is -0.389 e. The zero-order valence-corrected chi connectivity index (χ0v) is 12.3. The summed E-state index contributed by atoms with van der Waals surface area (Å²) in [5.41, 5.74) is 0. The lowest BCUT2D eigenvalue weighted by Gasteiger charge is -2.28. The van der Waals surface area contributed by atoms with Crippen molar-refractivity contribution in [3.05, 3.63) is 0 Å². The Morgan fingerprint density at radius 2 is 2.06 bits per heavy atom. The van der Waals surface area contributed by atoms with Crippen LogP contribution in [0.1, 0.15) is 13.3 Å². The van der Waals surface area contributed by atoms with E-state index in [2.05, 4.69) is 25.1 Å². The van der Waals surface area contributed by atoms with Gasteiger partial charge in [0.1, 0.15) is 0 Å². The number of aliphatic hydroxyl groups is 1. The monoisotopic (exact) mass is 265 g/mol. The molecule has 0 radical (unpaired) electrons. The highest BCUT2D eigenvalue weighted by Gasteiger charge is 2.15. The van der Waals surface area contributed by atoms with Gasteiger partial charge in [-0.3, -0.25) is 4.90 Å². The second-order valence-corrected chi connectivity index (χ2v) is 5.09. The number of thioether (sulfide) groups is 1. The standard InChI is InChI=1S/C12H27NO3S/c1-5-11(10-17-4)13(2)8-12(14)9-16-7-6-15-3/h11-12,14H,5-10H2,1-4H3. The van der Waals surface area contributed by atoms with Crippen LogP contribution in [0.5, 0.6) is 0 Å². The molecule has 5 heteroatoms. The van der Waals surface area contributed by atoms with Gasteiger partial charge in [-0.05, 0) is 19.7 Å². The maximum Gasteiger partial charge on any atom is 0.0900 e. The lowest BCUT2D eigenvalue weighted by molar-refractivity contribution is -0.00136. The van der Waals surface area contributed by atoms with Gasteiger partial charge in [-0.2, -0.15) is 11.8 Å². The molecule has 0 aliphatic rings. The van der Waals surface area contributed by atoms with E-state index in [1.165, 1.54) is 0 Å². The van der Waals surface area contributed by atoms with E-state index in [0.717, 1.165) is 12.2 Å². The van der Waals surface area contributed by atoms with Gasteiger partial charge < -0.3 is 14.6 Å². The van der Waals surface area contributed by atoms with Crippen LogP contribution in [-0.2, 0) is 9.47 Å². The highest BCUT2D eigenvalue weighted by atomic mass is 32.2. The summed E-state index contributed by atoms with van der Waals surface area (Å²) in [4.78, 5) is 2.21. The lowest BCUT2D eigenvalue weighted by Crippen LogP contribution is -2.40. The number of ether oxygens (including phenoxy) is 2. The van der Waals surface area contributed by atoms with Crippen LogP contribution in [0.15, 0.2) is 0 Å². The molecule has 0 spiro atoms. The zero-order valence-electron chi connectivity index (χ0n) is 11.5. The van der Waals surface area contributed by atoms with E-state index in [4.69, 9.17) is 9.47 Å². The van der Waals surface area contributed by atoms with Gasteiger partial charge in [0.15, 0.2) is 0 Å². The van der Waals surface area contributed by atoms with Crippen molar-refractivity contribution < 1.29 is 14.6 Å². The number of aliphatic hydroxyl groups excluding tert-OH is 1. The van der Waals surface area contributed by atoms with Crippen LogP contribution in [0.2, 0.25) is 0 Å². The highest BCUT2D eigenvalue weighted by Crippen LogP contribution is 2.08. The normalized spacial score (nSPS) is 15.2. The van der Waals surface area contributed by atoms with Crippen molar-refractivity contribution in [1.82, 2.24) is 4.90 Å². The third kappa shape index (κ3) is 8.85. The Balaban J connectivity index is 3.72. The van der Waals surface area contributed by atoms with Crippen LogP contribution < -0.4 is 0 Å². The van der Waals surface area contributed by atoms with Gasteiger partial charge in [-0.1, -0.05) is 6.92 Å². The first-order valence-corrected chi connectivity index (χ1v) is 7.48. The van der Waals surface area contributed by atoms with Crippen molar-refractivity contribution in [3.63, 3.8) is 0 Å². The summed E-state index contributed by atoms with van der Waals surface area (Å²) in [6.07, 6.45) is 2.79. The second kappa shape index (κ2) is 11.3. The Kier molecular flexibility index (Phi) is 11.4. The van der Waals surface area contributed by atoms with Crippen LogP contribution in [0.25, 0.3) is 0 Å². The van der Waals surface area contributed by atoms with E-state index in [1.807, 2.05) is 11.8 Å². The van der Waals surface area contributed by atoms with Crippen LogP contribution >= 0.6 is 11.8 Å². The Bertz CT molecular complexity index is 172. The summed E-state index contributed by atoms with van der Waals surface area (Å²) in [6.45, 7) is 4.33. The van der Waals surface area contributed by atoms with E-state index in [-0.39, 0.29) is 0 Å². The predicted molar refractivity (Wildman–Crippen MR) is 73.8 cm³/mol. The topological polar surface area (TPSA) is 41.9 Å². The highest BCUT2D eigenvalue weighted by molar-refractivity contribution is 7.98. The van der Waals surface area contributed by atoms with Gasteiger partial charge in [-0.25, -0.2) is 0 Å². The molecule has 0 rings (SSSR count). The first kappa shape index (κ1) is 17.2. The zero-order chi connectivity index (χ0) is 13.1. The molecule has 0 heterocycles. The molecule has 0 aliphatic heterocycles. The number of likely N-dealkylation sites (N-methyl/N-ethyl adjacent to an activating group) is 1. The SMILES string of the molecule is CCC(CSC)N(C)CC(O)COCCOC. The van der Waals surface area contributed by atoms with Gasteiger partial charge in [0.05, 0.1) is 25.9 Å². The third-order valence-electron chi connectivity index (χ3n) is 2.69. The first-order chi connectivity index (χ1) is 8.15. The molecular weight excluding hydrogens is 238 g/mol. The quantitative estimate of drug-likeness (QED) is 0.566. The number of nitrogens with zero attached hydrogens (tertiary/aromatic N) is 1. The molecule has 2 unspecified atom stereocenters. The van der Waals surface area contributed by atoms with E-state index in [9.17, 15) is 5.11 Å². The molecule has 17 heavy (non-hydrogen) atoms. The minimum atomic E-state index is -0.423. The molecule has 1 N–H and O–H groups in total. The summed E-state index contributed by atoms with van der Waals surface area (Å²) in [7, 11) is 3.70. The number of methoxy groups -OCH3 is 1. The van der Waals surface area contributed by atoms with Gasteiger partial charge in [0.2, 0.25) is 0 Å². The smallest absolute Gasteiger partial charge is 0.0900 e. The fourth-order valence-electron chi connectivity index (χ4n) is 1.64. The maximum atomic E-state index is 9.82. The maximum absolute atomic E-state index is 9.82. The molecule has 0 aromatic rings. The summed E-state index contributed by atoms with van der Waals surface area (Å²) in [5.74, 6) is 1.10. The summed E-state index contributed by atoms with van der Waals surface area (Å²) >= 11 is 1.84. The second-order valence-electron chi connectivity index (χ2n) is 4.18. The third-order valence-corrected chi connectivity index (χ3v) is 3.41. The van der Waals surface area contributed by atoms with E-state index >= 15 is 0 Å². The molecular formula is C12H27NO3S. The van der Waals surface area contributed by atoms with E-state index in [0.29, 0.717) is 32.4 Å². The minimum absolute atomic E-state index is 0.378. The number of rotatable bonds is 11. The number of hydrogen-bond acceptors (Lipinski definition) is 5. The van der Waals surface area contributed by atoms with Crippen molar-refractivity contribution in [1.29, 1.82) is 0 Å². The molecule has 0 aromatic heterocycles. The largest absolute Gasteiger partial charge is 0.389 e. The average Bonchev–Trinajstić information content (AvgIpc) is 2.31. The van der Waals surface area contributed by atoms with Crippen molar-refractivity contribution in [3.8, 4) is 0 Å². The molecule has 104 valence electrons. The lowest BCUT2D eigenvalue weighted by atomic mass is 10.2. The van der Waals surface area contributed by atoms with Crippen molar-refractivity contribution in [2.45, 2.75) is 25.5 Å². The molecule has 0 fully saturated rings. The fraction of sp³-hybridized carbons (Fsp3) is 1.00. The van der Waals surface area contributed by atoms with Gasteiger partial charge in [0, 0.05) is 25.4 Å². The van der Waals surface area contributed by atoms with E-state index < -0.39 is 6.10 Å². The average molecular weight is 265 g/mol. The van der Waals surface area contributed by atoms with Crippen LogP contribution in [0.4, 0.5) is 0 Å². The van der Waals surface area contributed by atoms with Crippen LogP contribution in [0, 0.1) is 0 Å². The molecule has 0 aromatic carbocycles. The molecule has 4 nitrogen and oxygen atoms in total. The molecule has 2 atom stereocenters. The Hall–Kier alpha value is 0.190. The number of hydrogen-bond donors (Lipinski definition) is 1. The van der Waals surface area contributed by atoms with Crippen molar-refractivity contribution >= 4 is 11.8 Å². The van der Waals surface area contributed by atoms with Gasteiger partial charge in [0.25, 0.3) is 0 Å². The fourth-order valence-corrected chi connectivity index (χ4v) is 2.52.